The Balaban J connectivity index is 2.45. The third-order valence-corrected chi connectivity index (χ3v) is 3.84. The summed E-state index contributed by atoms with van der Waals surface area (Å²) >= 11 is 1.02. The van der Waals surface area contributed by atoms with Crippen LogP contribution in [0.15, 0.2) is 18.2 Å². The molecule has 1 heterocycles. The first-order valence-electron chi connectivity index (χ1n) is 5.63. The molecular weight excluding hydrogens is 293 g/mol. The van der Waals surface area contributed by atoms with E-state index in [1.54, 1.807) is 0 Å². The Morgan fingerprint density at radius 2 is 2.10 bits per heavy atom. The average Bonchev–Trinajstić information content (AvgIpc) is 2.72. The third-order valence-electron chi connectivity index (χ3n) is 2.66. The number of aliphatic hydroxyl groups is 1. The van der Waals surface area contributed by atoms with E-state index in [0.717, 1.165) is 23.5 Å². The van der Waals surface area contributed by atoms with Gasteiger partial charge in [0.2, 0.25) is 0 Å². The van der Waals surface area contributed by atoms with Gasteiger partial charge in [-0.1, -0.05) is 0 Å². The second-order valence-electron chi connectivity index (χ2n) is 4.03. The van der Waals surface area contributed by atoms with Crippen LogP contribution in [-0.2, 0) is 6.18 Å². The molecule has 4 N–H and O–H groups in total. The van der Waals surface area contributed by atoms with Gasteiger partial charge < -0.3 is 16.2 Å². The number of hydrogen-bond acceptors (Lipinski definition) is 4. The molecule has 0 atom stereocenters. The van der Waals surface area contributed by atoms with Gasteiger partial charge in [-0.2, -0.15) is 13.2 Å². The van der Waals surface area contributed by atoms with Crippen molar-refractivity contribution in [1.29, 1.82) is 0 Å². The summed E-state index contributed by atoms with van der Waals surface area (Å²) in [5, 5.41) is 11.3. The first-order chi connectivity index (χ1) is 9.34. The summed E-state index contributed by atoms with van der Waals surface area (Å²) in [5.41, 5.74) is 4.95. The van der Waals surface area contributed by atoms with Gasteiger partial charge in [0.05, 0.1) is 17.9 Å². The fourth-order valence-electron chi connectivity index (χ4n) is 1.71. The minimum atomic E-state index is -4.46. The van der Waals surface area contributed by atoms with Crippen molar-refractivity contribution >= 4 is 33.0 Å². The molecule has 1 amide bonds. The second kappa shape index (κ2) is 5.29. The van der Waals surface area contributed by atoms with Crippen LogP contribution in [0.5, 0.6) is 0 Å². The molecule has 0 fully saturated rings. The number of alkyl halides is 3. The molecule has 1 aromatic heterocycles. The van der Waals surface area contributed by atoms with Crippen LogP contribution < -0.4 is 11.1 Å². The molecule has 0 aliphatic rings. The lowest BCUT2D eigenvalue weighted by atomic mass is 10.1. The number of thiophene rings is 1. The minimum absolute atomic E-state index is 0.0199. The number of amides is 1. The number of carbonyl (C=O) groups excluding carboxylic acids is 1. The number of nitrogen functional groups attached to an aromatic ring is 1. The van der Waals surface area contributed by atoms with Gasteiger partial charge in [-0.25, -0.2) is 0 Å². The highest BCUT2D eigenvalue weighted by molar-refractivity contribution is 7.21. The normalized spacial score (nSPS) is 11.8. The molecule has 2 rings (SSSR count). The van der Waals surface area contributed by atoms with Gasteiger partial charge >= 0.3 is 6.18 Å². The fraction of sp³-hybridized carbons (Fsp3) is 0.250. The molecule has 2 aromatic rings. The third kappa shape index (κ3) is 2.70. The largest absolute Gasteiger partial charge is 0.416 e. The zero-order valence-corrected chi connectivity index (χ0v) is 10.9. The number of halogens is 3. The second-order valence-corrected chi connectivity index (χ2v) is 5.09. The Morgan fingerprint density at radius 3 is 2.70 bits per heavy atom. The van der Waals surface area contributed by atoms with E-state index >= 15 is 0 Å². The van der Waals surface area contributed by atoms with Crippen molar-refractivity contribution in [3.05, 3.63) is 28.6 Å². The van der Waals surface area contributed by atoms with Gasteiger partial charge in [-0.05, 0) is 18.2 Å². The SMILES string of the molecule is Nc1c(C(=O)NCCO)sc2ccc(C(F)(F)F)cc12. The fourth-order valence-corrected chi connectivity index (χ4v) is 2.73. The van der Waals surface area contributed by atoms with Crippen molar-refractivity contribution in [3.8, 4) is 0 Å². The Labute approximate surface area is 116 Å². The minimum Gasteiger partial charge on any atom is -0.397 e. The summed E-state index contributed by atoms with van der Waals surface area (Å²) in [6.45, 7) is -0.172. The van der Waals surface area contributed by atoms with Crippen LogP contribution >= 0.6 is 11.3 Å². The zero-order chi connectivity index (χ0) is 14.9. The van der Waals surface area contributed by atoms with E-state index in [2.05, 4.69) is 5.32 Å². The van der Waals surface area contributed by atoms with Crippen LogP contribution in [0, 0.1) is 0 Å². The number of anilines is 1. The summed E-state index contributed by atoms with van der Waals surface area (Å²) in [6.07, 6.45) is -4.46. The highest BCUT2D eigenvalue weighted by atomic mass is 32.1. The van der Waals surface area contributed by atoms with E-state index in [-0.39, 0.29) is 29.1 Å². The summed E-state index contributed by atoms with van der Waals surface area (Å²) in [7, 11) is 0. The topological polar surface area (TPSA) is 75.4 Å². The first-order valence-corrected chi connectivity index (χ1v) is 6.44. The van der Waals surface area contributed by atoms with Crippen LogP contribution in [0.3, 0.4) is 0 Å². The van der Waals surface area contributed by atoms with Crippen LogP contribution in [-0.4, -0.2) is 24.2 Å². The summed E-state index contributed by atoms with van der Waals surface area (Å²) in [4.78, 5) is 11.9. The molecular formula is C12H11F3N2O2S. The number of nitrogens with two attached hydrogens (primary N) is 1. The van der Waals surface area contributed by atoms with Crippen molar-refractivity contribution in [2.24, 2.45) is 0 Å². The highest BCUT2D eigenvalue weighted by Gasteiger charge is 2.31. The van der Waals surface area contributed by atoms with Gasteiger partial charge in [0.1, 0.15) is 4.88 Å². The lowest BCUT2D eigenvalue weighted by Crippen LogP contribution is -2.26. The number of benzene rings is 1. The van der Waals surface area contributed by atoms with Crippen LogP contribution in [0.2, 0.25) is 0 Å². The monoisotopic (exact) mass is 304 g/mol. The number of aliphatic hydroxyl groups excluding tert-OH is 1. The molecule has 0 radical (unpaired) electrons. The number of carbonyl (C=O) groups is 1. The van der Waals surface area contributed by atoms with E-state index in [4.69, 9.17) is 10.8 Å². The summed E-state index contributed by atoms with van der Waals surface area (Å²) in [5.74, 6) is -0.508. The molecule has 8 heteroatoms. The number of hydrogen-bond donors (Lipinski definition) is 3. The summed E-state index contributed by atoms with van der Waals surface area (Å²) in [6, 6.07) is 3.18. The number of fused-ring (bicyclic) bond motifs is 1. The van der Waals surface area contributed by atoms with E-state index in [9.17, 15) is 18.0 Å². The molecule has 0 aliphatic heterocycles. The molecule has 0 spiro atoms. The van der Waals surface area contributed by atoms with Gasteiger partial charge in [-0.3, -0.25) is 4.79 Å². The quantitative estimate of drug-likeness (QED) is 0.814. The molecule has 0 unspecified atom stereocenters. The van der Waals surface area contributed by atoms with E-state index in [1.165, 1.54) is 6.07 Å². The van der Waals surface area contributed by atoms with Crippen LogP contribution in [0.1, 0.15) is 15.2 Å². The lowest BCUT2D eigenvalue weighted by Gasteiger charge is -2.06. The summed E-state index contributed by atoms with van der Waals surface area (Å²) < 4.78 is 38.4. The van der Waals surface area contributed by atoms with Crippen molar-refractivity contribution < 1.29 is 23.1 Å². The number of nitrogens with one attached hydrogen (secondary N) is 1. The van der Waals surface area contributed by atoms with Crippen LogP contribution in [0.25, 0.3) is 10.1 Å². The lowest BCUT2D eigenvalue weighted by molar-refractivity contribution is -0.137. The van der Waals surface area contributed by atoms with Crippen LogP contribution in [0.4, 0.5) is 18.9 Å². The van der Waals surface area contributed by atoms with Gasteiger partial charge in [0.15, 0.2) is 0 Å². The smallest absolute Gasteiger partial charge is 0.397 e. The van der Waals surface area contributed by atoms with Gasteiger partial charge in [0, 0.05) is 16.6 Å². The molecule has 0 aliphatic carbocycles. The van der Waals surface area contributed by atoms with Crippen molar-refractivity contribution in [3.63, 3.8) is 0 Å². The standard InChI is InChI=1S/C12H11F3N2O2S/c13-12(14,15)6-1-2-8-7(5-6)9(16)10(20-8)11(19)17-3-4-18/h1-2,5,18H,3-4,16H2,(H,17,19). The number of rotatable bonds is 3. The van der Waals surface area contributed by atoms with E-state index < -0.39 is 17.6 Å². The van der Waals surface area contributed by atoms with Gasteiger partial charge in [-0.15, -0.1) is 11.3 Å². The van der Waals surface area contributed by atoms with Crippen molar-refractivity contribution in [2.75, 3.05) is 18.9 Å². The van der Waals surface area contributed by atoms with Crippen molar-refractivity contribution in [2.45, 2.75) is 6.18 Å². The molecule has 0 saturated carbocycles. The molecule has 4 nitrogen and oxygen atoms in total. The van der Waals surface area contributed by atoms with Gasteiger partial charge in [0.25, 0.3) is 5.91 Å². The molecule has 0 saturated heterocycles. The zero-order valence-electron chi connectivity index (χ0n) is 10.1. The Morgan fingerprint density at radius 1 is 1.40 bits per heavy atom. The maximum absolute atomic E-state index is 12.6. The molecule has 108 valence electrons. The van der Waals surface area contributed by atoms with E-state index in [1.807, 2.05) is 0 Å². The van der Waals surface area contributed by atoms with Crippen molar-refractivity contribution in [1.82, 2.24) is 5.32 Å². The van der Waals surface area contributed by atoms with E-state index in [0.29, 0.717) is 4.70 Å². The maximum atomic E-state index is 12.6. The molecule has 20 heavy (non-hydrogen) atoms. The predicted molar refractivity (Wildman–Crippen MR) is 70.7 cm³/mol. The molecule has 1 aromatic carbocycles. The maximum Gasteiger partial charge on any atom is 0.416 e. The Bertz CT molecular complexity index is 652. The first kappa shape index (κ1) is 14.6. The Kier molecular flexibility index (Phi) is 3.87. The highest BCUT2D eigenvalue weighted by Crippen LogP contribution is 2.38. The Hall–Kier alpha value is -1.80. The average molecular weight is 304 g/mol. The molecule has 0 bridgehead atoms. The predicted octanol–water partition coefficient (Wildman–Crippen LogP) is 2.22.